The summed E-state index contributed by atoms with van der Waals surface area (Å²) in [6.45, 7) is 2.05. The fourth-order valence-corrected chi connectivity index (χ4v) is 1.48. The highest BCUT2D eigenvalue weighted by Gasteiger charge is 2.20. The molecule has 0 aliphatic heterocycles. The zero-order valence-corrected chi connectivity index (χ0v) is 9.86. The van der Waals surface area contributed by atoms with Gasteiger partial charge in [-0.3, -0.25) is 4.79 Å². The largest absolute Gasteiger partial charge is 0.489 e. The Morgan fingerprint density at radius 1 is 1.59 bits per heavy atom. The number of nitrogens with zero attached hydrogens (tertiary/aromatic N) is 1. The minimum absolute atomic E-state index is 0.203. The Kier molecular flexibility index (Phi) is 3.98. The Morgan fingerprint density at radius 2 is 2.41 bits per heavy atom. The van der Waals surface area contributed by atoms with Crippen LogP contribution in [-0.4, -0.2) is 36.8 Å². The Hall–Kier alpha value is -1.56. The average Bonchev–Trinajstić information content (AvgIpc) is 3.13. The Labute approximate surface area is 99.4 Å². The van der Waals surface area contributed by atoms with Crippen LogP contribution in [0.4, 0.5) is 5.82 Å². The molecule has 6 nitrogen and oxygen atoms in total. The van der Waals surface area contributed by atoms with Crippen LogP contribution in [0, 0.1) is 5.92 Å². The SMILES string of the molecule is COc1c(NCCOCC2CC2)nc[nH]c1=O. The summed E-state index contributed by atoms with van der Waals surface area (Å²) in [7, 11) is 1.45. The van der Waals surface area contributed by atoms with Crippen LogP contribution in [0.15, 0.2) is 11.1 Å². The molecule has 0 spiro atoms. The molecule has 1 heterocycles. The van der Waals surface area contributed by atoms with Gasteiger partial charge in [0.2, 0.25) is 5.75 Å². The molecule has 0 aromatic carbocycles. The molecule has 6 heteroatoms. The minimum Gasteiger partial charge on any atom is -0.489 e. The predicted molar refractivity (Wildman–Crippen MR) is 63.4 cm³/mol. The quantitative estimate of drug-likeness (QED) is 0.682. The van der Waals surface area contributed by atoms with E-state index in [1.165, 1.54) is 26.3 Å². The van der Waals surface area contributed by atoms with E-state index in [-0.39, 0.29) is 11.3 Å². The molecule has 2 N–H and O–H groups in total. The van der Waals surface area contributed by atoms with Gasteiger partial charge in [0.05, 0.1) is 20.0 Å². The second kappa shape index (κ2) is 5.67. The number of methoxy groups -OCH3 is 1. The van der Waals surface area contributed by atoms with Crippen molar-refractivity contribution in [2.75, 3.05) is 32.2 Å². The summed E-state index contributed by atoms with van der Waals surface area (Å²) in [6.07, 6.45) is 3.92. The van der Waals surface area contributed by atoms with Crippen LogP contribution in [0.1, 0.15) is 12.8 Å². The molecule has 1 aliphatic carbocycles. The molecule has 1 aromatic heterocycles. The van der Waals surface area contributed by atoms with Gasteiger partial charge in [-0.15, -0.1) is 0 Å². The number of nitrogens with one attached hydrogen (secondary N) is 2. The van der Waals surface area contributed by atoms with Crippen molar-refractivity contribution in [2.24, 2.45) is 5.92 Å². The summed E-state index contributed by atoms with van der Waals surface area (Å²) in [5.74, 6) is 1.42. The molecule has 0 unspecified atom stereocenters. The number of H-pyrrole nitrogens is 1. The zero-order chi connectivity index (χ0) is 12.1. The van der Waals surface area contributed by atoms with Crippen molar-refractivity contribution in [3.8, 4) is 5.75 Å². The number of aromatic nitrogens is 2. The predicted octanol–water partition coefficient (Wildman–Crippen LogP) is 0.617. The molecule has 0 radical (unpaired) electrons. The van der Waals surface area contributed by atoms with Crippen LogP contribution >= 0.6 is 0 Å². The fourth-order valence-electron chi connectivity index (χ4n) is 1.48. The first kappa shape index (κ1) is 11.9. The van der Waals surface area contributed by atoms with Crippen LogP contribution in [0.5, 0.6) is 5.75 Å². The van der Waals surface area contributed by atoms with E-state index in [1.807, 2.05) is 0 Å². The highest BCUT2D eigenvalue weighted by atomic mass is 16.5. The molecular formula is C11H17N3O3. The van der Waals surface area contributed by atoms with Crippen LogP contribution in [0.2, 0.25) is 0 Å². The third kappa shape index (κ3) is 3.45. The van der Waals surface area contributed by atoms with Gasteiger partial charge in [0.25, 0.3) is 5.56 Å². The lowest BCUT2D eigenvalue weighted by Crippen LogP contribution is -2.17. The first-order chi connectivity index (χ1) is 8.31. The first-order valence-corrected chi connectivity index (χ1v) is 5.74. The topological polar surface area (TPSA) is 76.2 Å². The van der Waals surface area contributed by atoms with Crippen LogP contribution in [0.25, 0.3) is 0 Å². The highest BCUT2D eigenvalue weighted by molar-refractivity contribution is 5.47. The summed E-state index contributed by atoms with van der Waals surface area (Å²) in [4.78, 5) is 17.8. The summed E-state index contributed by atoms with van der Waals surface area (Å²) in [5.41, 5.74) is -0.288. The van der Waals surface area contributed by atoms with Gasteiger partial charge in [0, 0.05) is 13.2 Å². The van der Waals surface area contributed by atoms with E-state index in [1.54, 1.807) is 0 Å². The van der Waals surface area contributed by atoms with Crippen LogP contribution < -0.4 is 15.6 Å². The van der Waals surface area contributed by atoms with Crippen molar-refractivity contribution in [1.29, 1.82) is 0 Å². The van der Waals surface area contributed by atoms with Crippen LogP contribution in [0.3, 0.4) is 0 Å². The molecule has 0 saturated heterocycles. The van der Waals surface area contributed by atoms with Gasteiger partial charge in [-0.25, -0.2) is 4.98 Å². The summed E-state index contributed by atoms with van der Waals surface area (Å²) < 4.78 is 10.4. The van der Waals surface area contributed by atoms with Gasteiger partial charge in [0.1, 0.15) is 0 Å². The maximum Gasteiger partial charge on any atom is 0.295 e. The smallest absolute Gasteiger partial charge is 0.295 e. The van der Waals surface area contributed by atoms with Crippen LogP contribution in [-0.2, 0) is 4.74 Å². The molecule has 0 amide bonds. The fraction of sp³-hybridized carbons (Fsp3) is 0.636. The third-order valence-electron chi connectivity index (χ3n) is 2.60. The van der Waals surface area contributed by atoms with Crippen molar-refractivity contribution in [3.63, 3.8) is 0 Å². The molecule has 94 valence electrons. The molecule has 0 bridgehead atoms. The molecule has 17 heavy (non-hydrogen) atoms. The van der Waals surface area contributed by atoms with E-state index in [0.29, 0.717) is 19.0 Å². The van der Waals surface area contributed by atoms with Gasteiger partial charge in [-0.05, 0) is 18.8 Å². The lowest BCUT2D eigenvalue weighted by molar-refractivity contribution is 0.134. The number of ether oxygens (including phenoxy) is 2. The monoisotopic (exact) mass is 239 g/mol. The third-order valence-corrected chi connectivity index (χ3v) is 2.60. The van der Waals surface area contributed by atoms with E-state index >= 15 is 0 Å². The number of hydrogen-bond acceptors (Lipinski definition) is 5. The Balaban J connectivity index is 1.77. The Morgan fingerprint density at radius 3 is 3.12 bits per heavy atom. The van der Waals surface area contributed by atoms with E-state index in [2.05, 4.69) is 15.3 Å². The maximum atomic E-state index is 11.4. The second-order valence-electron chi connectivity index (χ2n) is 4.06. The van der Waals surface area contributed by atoms with Gasteiger partial charge >= 0.3 is 0 Å². The molecule has 1 aliphatic rings. The standard InChI is InChI=1S/C11H17N3O3/c1-16-9-10(13-7-14-11(9)15)12-4-5-17-6-8-2-3-8/h7-8H,2-6H2,1H3,(H2,12,13,14,15). The zero-order valence-electron chi connectivity index (χ0n) is 9.86. The van der Waals surface area contributed by atoms with Crippen molar-refractivity contribution in [1.82, 2.24) is 9.97 Å². The number of hydrogen-bond donors (Lipinski definition) is 2. The maximum absolute atomic E-state index is 11.4. The second-order valence-corrected chi connectivity index (χ2v) is 4.06. The van der Waals surface area contributed by atoms with Crippen molar-refractivity contribution >= 4 is 5.82 Å². The first-order valence-electron chi connectivity index (χ1n) is 5.74. The van der Waals surface area contributed by atoms with E-state index in [0.717, 1.165) is 12.5 Å². The number of anilines is 1. The highest BCUT2D eigenvalue weighted by Crippen LogP contribution is 2.28. The van der Waals surface area contributed by atoms with E-state index in [9.17, 15) is 4.79 Å². The molecule has 2 rings (SSSR count). The van der Waals surface area contributed by atoms with Gasteiger partial charge in [-0.1, -0.05) is 0 Å². The van der Waals surface area contributed by atoms with Crippen molar-refractivity contribution in [2.45, 2.75) is 12.8 Å². The normalized spacial score (nSPS) is 14.6. The summed E-state index contributed by atoms with van der Waals surface area (Å²) in [5, 5.41) is 3.02. The van der Waals surface area contributed by atoms with E-state index in [4.69, 9.17) is 9.47 Å². The summed E-state index contributed by atoms with van der Waals surface area (Å²) in [6, 6.07) is 0. The van der Waals surface area contributed by atoms with E-state index < -0.39 is 0 Å². The Bertz CT molecular complexity index is 415. The lowest BCUT2D eigenvalue weighted by Gasteiger charge is -2.08. The molecule has 0 atom stereocenters. The van der Waals surface area contributed by atoms with Crippen molar-refractivity contribution in [3.05, 3.63) is 16.7 Å². The molecule has 1 aromatic rings. The van der Waals surface area contributed by atoms with Crippen molar-refractivity contribution < 1.29 is 9.47 Å². The number of aromatic amines is 1. The molecule has 1 saturated carbocycles. The average molecular weight is 239 g/mol. The van der Waals surface area contributed by atoms with Gasteiger partial charge in [-0.2, -0.15) is 0 Å². The lowest BCUT2D eigenvalue weighted by atomic mass is 10.4. The number of rotatable bonds is 7. The van der Waals surface area contributed by atoms with Gasteiger partial charge in [0.15, 0.2) is 5.82 Å². The molecular weight excluding hydrogens is 222 g/mol. The molecule has 1 fully saturated rings. The summed E-state index contributed by atoms with van der Waals surface area (Å²) >= 11 is 0. The minimum atomic E-state index is -0.288. The van der Waals surface area contributed by atoms with Gasteiger partial charge < -0.3 is 19.8 Å².